The van der Waals surface area contributed by atoms with Gasteiger partial charge in [-0.15, -0.1) is 0 Å². The molecule has 2 aromatic rings. The van der Waals surface area contributed by atoms with E-state index < -0.39 is 5.97 Å². The molecule has 0 unspecified atom stereocenters. The number of methoxy groups -OCH3 is 1. The highest BCUT2D eigenvalue weighted by atomic mass is 16.5. The van der Waals surface area contributed by atoms with Crippen molar-refractivity contribution in [2.75, 3.05) is 25.6 Å². The zero-order valence-corrected chi connectivity index (χ0v) is 10.0. The fourth-order valence-corrected chi connectivity index (χ4v) is 1.81. The number of carboxylic acids is 1. The molecular formula is C13H14N2O3. The molecule has 1 aromatic carbocycles. The second-order valence-corrected chi connectivity index (χ2v) is 3.79. The molecule has 1 aromatic heterocycles. The number of rotatable bonds is 5. The fourth-order valence-electron chi connectivity index (χ4n) is 1.81. The van der Waals surface area contributed by atoms with Gasteiger partial charge in [0.1, 0.15) is 5.82 Å². The number of hydrogen-bond donors (Lipinski definition) is 2. The SMILES string of the molecule is COCCNc1nccc2cccc(C(=O)O)c12. The third-order valence-corrected chi connectivity index (χ3v) is 2.62. The van der Waals surface area contributed by atoms with Crippen molar-refractivity contribution >= 4 is 22.6 Å². The van der Waals surface area contributed by atoms with Crippen LogP contribution in [0.1, 0.15) is 10.4 Å². The number of nitrogens with zero attached hydrogens (tertiary/aromatic N) is 1. The molecule has 0 aliphatic carbocycles. The van der Waals surface area contributed by atoms with E-state index in [1.54, 1.807) is 31.5 Å². The number of fused-ring (bicyclic) bond motifs is 1. The standard InChI is InChI=1S/C13H14N2O3/c1-18-8-7-15-12-11-9(5-6-14-12)3-2-4-10(11)13(16)17/h2-6H,7-8H2,1H3,(H,14,15)(H,16,17). The van der Waals surface area contributed by atoms with Gasteiger partial charge in [0.15, 0.2) is 0 Å². The Balaban J connectivity index is 2.48. The Morgan fingerprint density at radius 2 is 2.28 bits per heavy atom. The van der Waals surface area contributed by atoms with Crippen molar-refractivity contribution < 1.29 is 14.6 Å². The average molecular weight is 246 g/mol. The van der Waals surface area contributed by atoms with E-state index in [0.717, 1.165) is 5.39 Å². The number of pyridine rings is 1. The van der Waals surface area contributed by atoms with Crippen LogP contribution in [-0.4, -0.2) is 36.3 Å². The van der Waals surface area contributed by atoms with Crippen molar-refractivity contribution in [2.45, 2.75) is 0 Å². The van der Waals surface area contributed by atoms with Crippen LogP contribution in [0.25, 0.3) is 10.8 Å². The maximum atomic E-state index is 11.2. The van der Waals surface area contributed by atoms with Crippen LogP contribution in [0.15, 0.2) is 30.5 Å². The Kier molecular flexibility index (Phi) is 3.74. The minimum absolute atomic E-state index is 0.250. The van der Waals surface area contributed by atoms with E-state index in [1.165, 1.54) is 0 Å². The van der Waals surface area contributed by atoms with Crippen LogP contribution < -0.4 is 5.32 Å². The van der Waals surface area contributed by atoms with Gasteiger partial charge in [-0.1, -0.05) is 12.1 Å². The van der Waals surface area contributed by atoms with Crippen LogP contribution in [0.4, 0.5) is 5.82 Å². The van der Waals surface area contributed by atoms with Crippen LogP contribution in [-0.2, 0) is 4.74 Å². The summed E-state index contributed by atoms with van der Waals surface area (Å²) in [6, 6.07) is 6.97. The molecule has 0 amide bonds. The van der Waals surface area contributed by atoms with Crippen molar-refractivity contribution in [3.8, 4) is 0 Å². The van der Waals surface area contributed by atoms with Gasteiger partial charge in [-0.05, 0) is 17.5 Å². The largest absolute Gasteiger partial charge is 0.478 e. The molecule has 0 radical (unpaired) electrons. The summed E-state index contributed by atoms with van der Waals surface area (Å²) in [5, 5.41) is 13.8. The molecule has 0 aliphatic rings. The van der Waals surface area contributed by atoms with E-state index >= 15 is 0 Å². The molecule has 18 heavy (non-hydrogen) atoms. The van der Waals surface area contributed by atoms with Crippen molar-refractivity contribution in [3.05, 3.63) is 36.0 Å². The zero-order valence-electron chi connectivity index (χ0n) is 10.0. The third-order valence-electron chi connectivity index (χ3n) is 2.62. The zero-order chi connectivity index (χ0) is 13.0. The third kappa shape index (κ3) is 2.41. The summed E-state index contributed by atoms with van der Waals surface area (Å²) < 4.78 is 4.95. The predicted octanol–water partition coefficient (Wildman–Crippen LogP) is 1.99. The van der Waals surface area contributed by atoms with E-state index in [4.69, 9.17) is 4.74 Å². The van der Waals surface area contributed by atoms with Gasteiger partial charge < -0.3 is 15.2 Å². The van der Waals surface area contributed by atoms with Crippen LogP contribution in [0.5, 0.6) is 0 Å². The predicted molar refractivity (Wildman–Crippen MR) is 69.1 cm³/mol. The number of carboxylic acid groups (broad SMARTS) is 1. The summed E-state index contributed by atoms with van der Waals surface area (Å²) in [6.07, 6.45) is 1.66. The normalized spacial score (nSPS) is 10.5. The summed E-state index contributed by atoms with van der Waals surface area (Å²) >= 11 is 0. The number of ether oxygens (including phenoxy) is 1. The summed E-state index contributed by atoms with van der Waals surface area (Å²) in [4.78, 5) is 15.4. The van der Waals surface area contributed by atoms with E-state index in [9.17, 15) is 9.90 Å². The van der Waals surface area contributed by atoms with Gasteiger partial charge in [0, 0.05) is 25.2 Å². The van der Waals surface area contributed by atoms with Gasteiger partial charge in [-0.2, -0.15) is 0 Å². The number of aromatic nitrogens is 1. The highest BCUT2D eigenvalue weighted by molar-refractivity contribution is 6.08. The highest BCUT2D eigenvalue weighted by Crippen LogP contribution is 2.24. The Hall–Kier alpha value is -2.14. The minimum atomic E-state index is -0.955. The Labute approximate surface area is 104 Å². The van der Waals surface area contributed by atoms with E-state index in [2.05, 4.69) is 10.3 Å². The van der Waals surface area contributed by atoms with E-state index in [0.29, 0.717) is 24.4 Å². The Bertz CT molecular complexity index is 564. The van der Waals surface area contributed by atoms with Crippen molar-refractivity contribution in [1.82, 2.24) is 4.98 Å². The topological polar surface area (TPSA) is 71.5 Å². The van der Waals surface area contributed by atoms with Gasteiger partial charge >= 0.3 is 5.97 Å². The summed E-state index contributed by atoms with van der Waals surface area (Å²) in [5.74, 6) is -0.383. The monoisotopic (exact) mass is 246 g/mol. The molecule has 5 nitrogen and oxygen atoms in total. The van der Waals surface area contributed by atoms with Gasteiger partial charge in [-0.3, -0.25) is 0 Å². The highest BCUT2D eigenvalue weighted by Gasteiger charge is 2.12. The lowest BCUT2D eigenvalue weighted by Crippen LogP contribution is -2.10. The summed E-state index contributed by atoms with van der Waals surface area (Å²) in [6.45, 7) is 1.11. The molecule has 0 spiro atoms. The molecule has 94 valence electrons. The molecule has 1 heterocycles. The molecule has 0 saturated heterocycles. The molecular weight excluding hydrogens is 232 g/mol. The lowest BCUT2D eigenvalue weighted by atomic mass is 10.1. The Morgan fingerprint density at radius 1 is 1.44 bits per heavy atom. The van der Waals surface area contributed by atoms with Crippen LogP contribution in [0.3, 0.4) is 0 Å². The summed E-state index contributed by atoms with van der Waals surface area (Å²) in [5.41, 5.74) is 0.250. The van der Waals surface area contributed by atoms with Crippen molar-refractivity contribution in [2.24, 2.45) is 0 Å². The average Bonchev–Trinajstić information content (AvgIpc) is 2.38. The Morgan fingerprint density at radius 3 is 3.00 bits per heavy atom. The van der Waals surface area contributed by atoms with Gasteiger partial charge in [-0.25, -0.2) is 9.78 Å². The molecule has 5 heteroatoms. The number of hydrogen-bond acceptors (Lipinski definition) is 4. The first kappa shape index (κ1) is 12.3. The molecule has 0 bridgehead atoms. The lowest BCUT2D eigenvalue weighted by Gasteiger charge is -2.10. The van der Waals surface area contributed by atoms with E-state index in [-0.39, 0.29) is 5.56 Å². The van der Waals surface area contributed by atoms with Gasteiger partial charge in [0.25, 0.3) is 0 Å². The minimum Gasteiger partial charge on any atom is -0.478 e. The number of aromatic carboxylic acids is 1. The molecule has 0 aliphatic heterocycles. The molecule has 2 N–H and O–H groups in total. The first-order chi connectivity index (χ1) is 8.74. The van der Waals surface area contributed by atoms with Gasteiger partial charge in [0.2, 0.25) is 0 Å². The first-order valence-corrected chi connectivity index (χ1v) is 5.58. The van der Waals surface area contributed by atoms with Crippen LogP contribution >= 0.6 is 0 Å². The number of carbonyl (C=O) groups is 1. The maximum Gasteiger partial charge on any atom is 0.336 e. The van der Waals surface area contributed by atoms with E-state index in [1.807, 2.05) is 6.07 Å². The fraction of sp³-hybridized carbons (Fsp3) is 0.231. The smallest absolute Gasteiger partial charge is 0.336 e. The second-order valence-electron chi connectivity index (χ2n) is 3.79. The van der Waals surface area contributed by atoms with Crippen LogP contribution in [0, 0.1) is 0 Å². The number of anilines is 1. The van der Waals surface area contributed by atoms with Crippen molar-refractivity contribution in [1.29, 1.82) is 0 Å². The molecule has 0 saturated carbocycles. The second kappa shape index (κ2) is 5.46. The molecule has 0 fully saturated rings. The maximum absolute atomic E-state index is 11.2. The van der Waals surface area contributed by atoms with Crippen molar-refractivity contribution in [3.63, 3.8) is 0 Å². The first-order valence-electron chi connectivity index (χ1n) is 5.58. The quantitative estimate of drug-likeness (QED) is 0.789. The number of benzene rings is 1. The van der Waals surface area contributed by atoms with Crippen LogP contribution in [0.2, 0.25) is 0 Å². The molecule has 0 atom stereocenters. The van der Waals surface area contributed by atoms with Gasteiger partial charge in [0.05, 0.1) is 12.2 Å². The summed E-state index contributed by atoms with van der Waals surface area (Å²) in [7, 11) is 1.61. The lowest BCUT2D eigenvalue weighted by molar-refractivity contribution is 0.0699. The molecule has 2 rings (SSSR count). The number of nitrogens with one attached hydrogen (secondary N) is 1.